The van der Waals surface area contributed by atoms with Gasteiger partial charge in [0.2, 0.25) is 11.9 Å². The number of aromatic nitrogens is 3. The third-order valence-electron chi connectivity index (χ3n) is 2.71. The van der Waals surface area contributed by atoms with E-state index in [0.29, 0.717) is 12.6 Å². The van der Waals surface area contributed by atoms with E-state index in [1.54, 1.807) is 0 Å². The second-order valence-corrected chi connectivity index (χ2v) is 4.28. The molecular weight excluding hydrogens is 254 g/mol. The number of nitrogens with one attached hydrogen (secondary N) is 1. The molecule has 1 aromatic carbocycles. The molecule has 0 fully saturated rings. The fourth-order valence-corrected chi connectivity index (χ4v) is 1.76. The first-order valence-electron chi connectivity index (χ1n) is 6.72. The maximum Gasteiger partial charge on any atom is 0.323 e. The van der Waals surface area contributed by atoms with Crippen molar-refractivity contribution in [1.82, 2.24) is 15.0 Å². The van der Waals surface area contributed by atoms with Gasteiger partial charge in [0.1, 0.15) is 0 Å². The van der Waals surface area contributed by atoms with E-state index < -0.39 is 0 Å². The molecule has 0 spiro atoms. The van der Waals surface area contributed by atoms with Gasteiger partial charge in [-0.2, -0.15) is 15.0 Å². The molecule has 0 aliphatic carbocycles. The number of anilines is 3. The van der Waals surface area contributed by atoms with Crippen LogP contribution in [0.15, 0.2) is 24.3 Å². The molecule has 0 atom stereocenters. The quantitative estimate of drug-likeness (QED) is 0.841. The maximum absolute atomic E-state index is 5.67. The average Bonchev–Trinajstić information content (AvgIpc) is 2.45. The number of aryl methyl sites for hydroxylation is 1. The van der Waals surface area contributed by atoms with Crippen molar-refractivity contribution in [2.75, 3.05) is 17.7 Å². The minimum atomic E-state index is 0.141. The van der Waals surface area contributed by atoms with Gasteiger partial charge in [0.25, 0.3) is 0 Å². The topological polar surface area (TPSA) is 86.0 Å². The van der Waals surface area contributed by atoms with Gasteiger partial charge in [-0.25, -0.2) is 0 Å². The van der Waals surface area contributed by atoms with Crippen molar-refractivity contribution in [1.29, 1.82) is 0 Å². The Balaban J connectivity index is 2.22. The van der Waals surface area contributed by atoms with Crippen LogP contribution in [0.4, 0.5) is 17.6 Å². The predicted octanol–water partition coefficient (Wildman–Crippen LogP) is 2.55. The van der Waals surface area contributed by atoms with Gasteiger partial charge in [-0.15, -0.1) is 0 Å². The zero-order valence-electron chi connectivity index (χ0n) is 11.8. The minimum absolute atomic E-state index is 0.141. The van der Waals surface area contributed by atoms with E-state index in [2.05, 4.69) is 33.3 Å². The van der Waals surface area contributed by atoms with Gasteiger partial charge in [-0.05, 0) is 24.5 Å². The number of nitrogens with two attached hydrogens (primary N) is 1. The van der Waals surface area contributed by atoms with Crippen molar-refractivity contribution >= 4 is 17.6 Å². The van der Waals surface area contributed by atoms with Gasteiger partial charge in [-0.3, -0.25) is 0 Å². The zero-order chi connectivity index (χ0) is 14.4. The second-order valence-electron chi connectivity index (χ2n) is 4.28. The van der Waals surface area contributed by atoms with Crippen LogP contribution in [0.1, 0.15) is 25.8 Å². The predicted molar refractivity (Wildman–Crippen MR) is 79.1 cm³/mol. The molecule has 2 aromatic rings. The molecule has 0 saturated heterocycles. The highest BCUT2D eigenvalue weighted by Crippen LogP contribution is 2.20. The van der Waals surface area contributed by atoms with Gasteiger partial charge in [-0.1, -0.05) is 32.0 Å². The summed E-state index contributed by atoms with van der Waals surface area (Å²) in [5.74, 6) is 0.534. The Morgan fingerprint density at radius 3 is 2.70 bits per heavy atom. The van der Waals surface area contributed by atoms with Crippen LogP contribution in [0.2, 0.25) is 0 Å². The van der Waals surface area contributed by atoms with Gasteiger partial charge in [0, 0.05) is 5.69 Å². The van der Waals surface area contributed by atoms with Crippen LogP contribution >= 0.6 is 0 Å². The summed E-state index contributed by atoms with van der Waals surface area (Å²) < 4.78 is 5.39. The van der Waals surface area contributed by atoms with Gasteiger partial charge in [0.15, 0.2) is 0 Å². The number of hydrogen-bond acceptors (Lipinski definition) is 6. The number of rotatable bonds is 6. The first-order valence-corrected chi connectivity index (χ1v) is 6.72. The number of nitrogen functional groups attached to an aromatic ring is 1. The van der Waals surface area contributed by atoms with Crippen molar-refractivity contribution in [3.05, 3.63) is 29.8 Å². The Hall–Kier alpha value is -2.37. The highest BCUT2D eigenvalue weighted by atomic mass is 16.5. The summed E-state index contributed by atoms with van der Waals surface area (Å²) in [7, 11) is 0. The Labute approximate surface area is 118 Å². The maximum atomic E-state index is 5.67. The third-order valence-corrected chi connectivity index (χ3v) is 2.71. The van der Waals surface area contributed by atoms with Crippen LogP contribution in [0.3, 0.4) is 0 Å². The summed E-state index contributed by atoms with van der Waals surface area (Å²) in [6, 6.07) is 8.24. The first-order chi connectivity index (χ1) is 9.72. The monoisotopic (exact) mass is 273 g/mol. The lowest BCUT2D eigenvalue weighted by molar-refractivity contribution is 0.292. The molecule has 3 N–H and O–H groups in total. The van der Waals surface area contributed by atoms with Gasteiger partial charge >= 0.3 is 6.01 Å². The average molecular weight is 273 g/mol. The second kappa shape index (κ2) is 6.70. The number of ether oxygens (including phenoxy) is 1. The standard InChI is InChI=1S/C14H19N5O/c1-3-9-20-14-18-12(15)17-13(19-14)16-11-8-6-5-7-10(11)4-2/h5-8H,3-4,9H2,1-2H3,(H3,15,16,17,18,19). The van der Waals surface area contributed by atoms with Crippen molar-refractivity contribution in [2.45, 2.75) is 26.7 Å². The number of benzene rings is 1. The first kappa shape index (κ1) is 14.0. The van der Waals surface area contributed by atoms with Crippen molar-refractivity contribution in [3.63, 3.8) is 0 Å². The Morgan fingerprint density at radius 2 is 1.95 bits per heavy atom. The fraction of sp³-hybridized carbons (Fsp3) is 0.357. The van der Waals surface area contributed by atoms with E-state index >= 15 is 0 Å². The van der Waals surface area contributed by atoms with Crippen molar-refractivity contribution < 1.29 is 4.74 Å². The lowest BCUT2D eigenvalue weighted by atomic mass is 10.1. The molecule has 1 heterocycles. The van der Waals surface area contributed by atoms with Crippen LogP contribution in [0, 0.1) is 0 Å². The summed E-state index contributed by atoms with van der Waals surface area (Å²) >= 11 is 0. The summed E-state index contributed by atoms with van der Waals surface area (Å²) in [4.78, 5) is 12.2. The Morgan fingerprint density at radius 1 is 1.15 bits per heavy atom. The van der Waals surface area contributed by atoms with Crippen LogP contribution in [0.5, 0.6) is 6.01 Å². The molecule has 0 bridgehead atoms. The number of nitrogens with zero attached hydrogens (tertiary/aromatic N) is 3. The summed E-state index contributed by atoms with van der Waals surface area (Å²) in [5.41, 5.74) is 7.82. The molecule has 2 rings (SSSR count). The fourth-order valence-electron chi connectivity index (χ4n) is 1.76. The molecule has 6 nitrogen and oxygen atoms in total. The van der Waals surface area contributed by atoms with E-state index in [9.17, 15) is 0 Å². The van der Waals surface area contributed by atoms with E-state index in [1.807, 2.05) is 25.1 Å². The van der Waals surface area contributed by atoms with Crippen molar-refractivity contribution in [3.8, 4) is 6.01 Å². The smallest absolute Gasteiger partial charge is 0.323 e. The molecule has 0 unspecified atom stereocenters. The normalized spacial score (nSPS) is 10.3. The summed E-state index contributed by atoms with van der Waals surface area (Å²) in [5, 5.41) is 3.16. The molecule has 0 aliphatic heterocycles. The van der Waals surface area contributed by atoms with Gasteiger partial charge in [0.05, 0.1) is 6.61 Å². The van der Waals surface area contributed by atoms with Crippen LogP contribution in [-0.4, -0.2) is 21.6 Å². The third kappa shape index (κ3) is 3.57. The largest absolute Gasteiger partial charge is 0.463 e. The van der Waals surface area contributed by atoms with Crippen LogP contribution in [-0.2, 0) is 6.42 Å². The lowest BCUT2D eigenvalue weighted by Gasteiger charge is -2.10. The van der Waals surface area contributed by atoms with E-state index in [1.165, 1.54) is 5.56 Å². The molecule has 6 heteroatoms. The van der Waals surface area contributed by atoms with Gasteiger partial charge < -0.3 is 15.8 Å². The lowest BCUT2D eigenvalue weighted by Crippen LogP contribution is -2.08. The van der Waals surface area contributed by atoms with Crippen LogP contribution in [0.25, 0.3) is 0 Å². The molecule has 1 aromatic heterocycles. The molecule has 20 heavy (non-hydrogen) atoms. The SMILES string of the molecule is CCCOc1nc(N)nc(Nc2ccccc2CC)n1. The highest BCUT2D eigenvalue weighted by molar-refractivity contribution is 5.59. The summed E-state index contributed by atoms with van der Waals surface area (Å²) in [6.45, 7) is 4.66. The molecular formula is C14H19N5O. The molecule has 0 amide bonds. The molecule has 0 radical (unpaired) electrons. The highest BCUT2D eigenvalue weighted by Gasteiger charge is 2.07. The summed E-state index contributed by atoms with van der Waals surface area (Å²) in [6.07, 6.45) is 1.80. The molecule has 106 valence electrons. The Bertz CT molecular complexity index is 573. The Kier molecular flexibility index (Phi) is 4.70. The zero-order valence-corrected chi connectivity index (χ0v) is 11.8. The van der Waals surface area contributed by atoms with E-state index in [4.69, 9.17) is 10.5 Å². The van der Waals surface area contributed by atoms with Crippen molar-refractivity contribution in [2.24, 2.45) is 0 Å². The number of para-hydroxylation sites is 1. The molecule has 0 aliphatic rings. The minimum Gasteiger partial charge on any atom is -0.463 e. The number of hydrogen-bond donors (Lipinski definition) is 2. The van der Waals surface area contributed by atoms with E-state index in [0.717, 1.165) is 18.5 Å². The van der Waals surface area contributed by atoms with E-state index in [-0.39, 0.29) is 12.0 Å². The van der Waals surface area contributed by atoms with Crippen LogP contribution < -0.4 is 15.8 Å². The molecule has 0 saturated carbocycles.